The minimum atomic E-state index is -0.00296. The van der Waals surface area contributed by atoms with Crippen LogP contribution in [-0.2, 0) is 6.54 Å². The Bertz CT molecular complexity index is 1260. The summed E-state index contributed by atoms with van der Waals surface area (Å²) in [6.45, 7) is 11.2. The molecule has 0 bridgehead atoms. The topological polar surface area (TPSA) is 63.9 Å². The zero-order valence-electron chi connectivity index (χ0n) is 19.1. The van der Waals surface area contributed by atoms with Gasteiger partial charge < -0.3 is 4.90 Å². The molecule has 4 aromatic rings. The highest BCUT2D eigenvalue weighted by Crippen LogP contribution is 2.30. The lowest BCUT2D eigenvalue weighted by Gasteiger charge is -2.20. The lowest BCUT2D eigenvalue weighted by Crippen LogP contribution is -2.30. The first-order valence-corrected chi connectivity index (χ1v) is 11.5. The van der Waals surface area contributed by atoms with Crippen LogP contribution in [0.15, 0.2) is 48.5 Å². The molecule has 2 aromatic heterocycles. The quantitative estimate of drug-likeness (QED) is 0.405. The Labute approximate surface area is 192 Å². The molecule has 0 spiro atoms. The lowest BCUT2D eigenvalue weighted by molar-refractivity contribution is 0.0756. The van der Waals surface area contributed by atoms with Gasteiger partial charge in [0.25, 0.3) is 5.91 Å². The van der Waals surface area contributed by atoms with Crippen molar-refractivity contribution < 1.29 is 4.79 Å². The van der Waals surface area contributed by atoms with Gasteiger partial charge in [-0.2, -0.15) is 0 Å². The second-order valence-corrected chi connectivity index (χ2v) is 8.94. The van der Waals surface area contributed by atoms with Crippen molar-refractivity contribution >= 4 is 17.2 Å². The van der Waals surface area contributed by atoms with Crippen LogP contribution in [0.5, 0.6) is 0 Å². The summed E-state index contributed by atoms with van der Waals surface area (Å²) >= 11 is 1.39. The summed E-state index contributed by atoms with van der Waals surface area (Å²) in [5, 5.41) is 9.48. The Kier molecular flexibility index (Phi) is 6.19. The molecule has 0 radical (unpaired) electrons. The number of aromatic nitrogens is 4. The molecule has 32 heavy (non-hydrogen) atoms. The van der Waals surface area contributed by atoms with Crippen LogP contribution in [0, 0.1) is 27.7 Å². The maximum atomic E-state index is 13.3. The van der Waals surface area contributed by atoms with Crippen LogP contribution >= 0.6 is 11.3 Å². The van der Waals surface area contributed by atoms with Gasteiger partial charge in [-0.1, -0.05) is 41.6 Å². The van der Waals surface area contributed by atoms with E-state index >= 15 is 0 Å². The molecule has 7 heteroatoms. The zero-order valence-corrected chi connectivity index (χ0v) is 19.9. The van der Waals surface area contributed by atoms with Gasteiger partial charge in [0.15, 0.2) is 0 Å². The van der Waals surface area contributed by atoms with Crippen molar-refractivity contribution in [3.05, 3.63) is 81.5 Å². The van der Waals surface area contributed by atoms with Crippen LogP contribution in [0.2, 0.25) is 0 Å². The van der Waals surface area contributed by atoms with E-state index in [2.05, 4.69) is 41.3 Å². The predicted molar refractivity (Wildman–Crippen MR) is 128 cm³/mol. The van der Waals surface area contributed by atoms with Crippen molar-refractivity contribution in [3.63, 3.8) is 0 Å². The van der Waals surface area contributed by atoms with Crippen molar-refractivity contribution in [1.82, 2.24) is 24.9 Å². The Morgan fingerprint density at radius 3 is 2.47 bits per heavy atom. The Balaban J connectivity index is 1.63. The van der Waals surface area contributed by atoms with Crippen molar-refractivity contribution in [2.24, 2.45) is 0 Å². The van der Waals surface area contributed by atoms with Gasteiger partial charge in [0.05, 0.1) is 17.1 Å². The molecule has 6 nitrogen and oxygen atoms in total. The number of aryl methyl sites for hydroxylation is 3. The van der Waals surface area contributed by atoms with Crippen molar-refractivity contribution in [2.45, 2.75) is 41.2 Å². The number of benzene rings is 2. The normalized spacial score (nSPS) is 11.0. The predicted octanol–water partition coefficient (Wildman–Crippen LogP) is 5.29. The standard InChI is InChI=1S/C25H27N5OS/c1-6-29(15-20-10-8-7-9-11-20)25(31)23-18(4)26-24(32-23)22-19(5)30(28-27-22)21-13-12-16(2)17(3)14-21/h7-14H,6,15H2,1-5H3. The Morgan fingerprint density at radius 1 is 1.03 bits per heavy atom. The van der Waals surface area contributed by atoms with E-state index in [1.165, 1.54) is 22.5 Å². The molecule has 0 aliphatic heterocycles. The van der Waals surface area contributed by atoms with E-state index in [4.69, 9.17) is 0 Å². The van der Waals surface area contributed by atoms with Crippen molar-refractivity contribution in [1.29, 1.82) is 0 Å². The second kappa shape index (κ2) is 9.04. The molecule has 0 unspecified atom stereocenters. The molecule has 0 fully saturated rings. The fraction of sp³-hybridized carbons (Fsp3) is 0.280. The minimum Gasteiger partial charge on any atom is -0.334 e. The number of hydrogen-bond acceptors (Lipinski definition) is 5. The first-order chi connectivity index (χ1) is 15.4. The fourth-order valence-corrected chi connectivity index (χ4v) is 4.67. The Hall–Kier alpha value is -3.32. The van der Waals surface area contributed by atoms with Gasteiger partial charge in [-0.3, -0.25) is 4.79 Å². The van der Waals surface area contributed by atoms with E-state index in [0.29, 0.717) is 28.7 Å². The summed E-state index contributed by atoms with van der Waals surface area (Å²) in [5.74, 6) is -0.00296. The molecule has 1 amide bonds. The molecule has 0 aliphatic carbocycles. The number of thiazole rings is 1. The van der Waals surface area contributed by atoms with E-state index in [0.717, 1.165) is 22.6 Å². The van der Waals surface area contributed by atoms with E-state index in [-0.39, 0.29) is 5.91 Å². The Morgan fingerprint density at radius 2 is 1.78 bits per heavy atom. The average Bonchev–Trinajstić information content (AvgIpc) is 3.36. The summed E-state index contributed by atoms with van der Waals surface area (Å²) < 4.78 is 1.83. The van der Waals surface area contributed by atoms with E-state index in [1.54, 1.807) is 0 Å². The third kappa shape index (κ3) is 4.21. The molecular weight excluding hydrogens is 418 g/mol. The van der Waals surface area contributed by atoms with Crippen molar-refractivity contribution in [3.8, 4) is 16.4 Å². The van der Waals surface area contributed by atoms with Gasteiger partial charge in [0.2, 0.25) is 0 Å². The first-order valence-electron chi connectivity index (χ1n) is 10.7. The van der Waals surface area contributed by atoms with Gasteiger partial charge in [0.1, 0.15) is 15.6 Å². The molecule has 164 valence electrons. The highest BCUT2D eigenvalue weighted by Gasteiger charge is 2.24. The molecule has 0 atom stereocenters. The number of nitrogens with zero attached hydrogens (tertiary/aromatic N) is 5. The number of amides is 1. The number of rotatable bonds is 6. The molecule has 0 saturated carbocycles. The first kappa shape index (κ1) is 21.9. The van der Waals surface area contributed by atoms with Crippen LogP contribution in [0.3, 0.4) is 0 Å². The average molecular weight is 446 g/mol. The molecule has 2 aromatic carbocycles. The third-order valence-electron chi connectivity index (χ3n) is 5.71. The highest BCUT2D eigenvalue weighted by atomic mass is 32.1. The molecular formula is C25H27N5OS. The van der Waals surface area contributed by atoms with E-state index in [9.17, 15) is 4.79 Å². The minimum absolute atomic E-state index is 0.00296. The molecule has 2 heterocycles. The van der Waals surface area contributed by atoms with Gasteiger partial charge in [-0.25, -0.2) is 9.67 Å². The molecule has 4 rings (SSSR count). The van der Waals surface area contributed by atoms with Gasteiger partial charge >= 0.3 is 0 Å². The van der Waals surface area contributed by atoms with Crippen molar-refractivity contribution in [2.75, 3.05) is 6.54 Å². The smallest absolute Gasteiger partial charge is 0.266 e. The second-order valence-electron chi connectivity index (χ2n) is 7.94. The van der Waals surface area contributed by atoms with Crippen LogP contribution in [0.1, 0.15) is 44.7 Å². The van der Waals surface area contributed by atoms with Gasteiger partial charge in [0, 0.05) is 13.1 Å². The summed E-state index contributed by atoms with van der Waals surface area (Å²) in [7, 11) is 0. The van der Waals surface area contributed by atoms with Gasteiger partial charge in [-0.15, -0.1) is 16.4 Å². The monoisotopic (exact) mass is 445 g/mol. The zero-order chi connectivity index (χ0) is 22.8. The SMILES string of the molecule is CCN(Cc1ccccc1)C(=O)c1sc(-c2nnn(-c3ccc(C)c(C)c3)c2C)nc1C. The van der Waals surface area contributed by atoms with Crippen LogP contribution in [-0.4, -0.2) is 37.3 Å². The maximum absolute atomic E-state index is 13.3. The summed E-state index contributed by atoms with van der Waals surface area (Å²) in [5.41, 5.74) is 6.85. The maximum Gasteiger partial charge on any atom is 0.266 e. The number of carbonyl (C=O) groups excluding carboxylic acids is 1. The third-order valence-corrected chi connectivity index (χ3v) is 6.86. The van der Waals surface area contributed by atoms with Crippen LogP contribution in [0.25, 0.3) is 16.4 Å². The van der Waals surface area contributed by atoms with Gasteiger partial charge in [-0.05, 0) is 63.4 Å². The van der Waals surface area contributed by atoms with E-state index < -0.39 is 0 Å². The summed E-state index contributed by atoms with van der Waals surface area (Å²) in [4.78, 5) is 20.5. The van der Waals surface area contributed by atoms with E-state index in [1.807, 2.05) is 66.8 Å². The summed E-state index contributed by atoms with van der Waals surface area (Å²) in [6.07, 6.45) is 0. The number of hydrogen-bond donors (Lipinski definition) is 0. The van der Waals surface area contributed by atoms with Crippen LogP contribution < -0.4 is 0 Å². The molecule has 0 N–H and O–H groups in total. The fourth-order valence-electron chi connectivity index (χ4n) is 3.60. The highest BCUT2D eigenvalue weighted by molar-refractivity contribution is 7.17. The molecule has 0 aliphatic rings. The van der Waals surface area contributed by atoms with Crippen LogP contribution in [0.4, 0.5) is 0 Å². The summed E-state index contributed by atoms with van der Waals surface area (Å²) in [6, 6.07) is 16.3. The largest absolute Gasteiger partial charge is 0.334 e. The molecule has 0 saturated heterocycles. The number of carbonyl (C=O) groups is 1. The lowest BCUT2D eigenvalue weighted by atomic mass is 10.1.